The maximum absolute atomic E-state index is 11.6. The van der Waals surface area contributed by atoms with Crippen LogP contribution in [0.3, 0.4) is 0 Å². The molecule has 1 heterocycles. The third-order valence-corrected chi connectivity index (χ3v) is 5.44. The molecule has 2 fully saturated rings. The van der Waals surface area contributed by atoms with E-state index < -0.39 is 11.4 Å². The molecule has 1 aliphatic heterocycles. The standard InChI is InChI=1S/C17H19NO5.C4H6O/c1-21-11-23-15-7-8-17(10-18,9-14(15)16(19)20)12-3-5-13(22-2)6-4-12;1-3-2-5-4(1)3/h3-6H,7-9,11H2,1-2H3,(H,19,20);3-4H,1-2H2. The Morgan fingerprint density at radius 2 is 2.07 bits per heavy atom. The maximum atomic E-state index is 11.6. The van der Waals surface area contributed by atoms with Gasteiger partial charge in [-0.3, -0.25) is 0 Å². The smallest absolute Gasteiger partial charge is 0.335 e. The van der Waals surface area contributed by atoms with Crippen molar-refractivity contribution in [2.24, 2.45) is 5.92 Å². The minimum absolute atomic E-state index is 0.00575. The molecule has 0 aromatic heterocycles. The Balaban J connectivity index is 0.000000380. The number of benzene rings is 1. The zero-order chi connectivity index (χ0) is 20.1. The van der Waals surface area contributed by atoms with E-state index in [0.717, 1.165) is 24.2 Å². The van der Waals surface area contributed by atoms with Crippen LogP contribution in [0, 0.1) is 17.2 Å². The number of aliphatic carboxylic acids is 1. The topological polar surface area (TPSA) is 98.0 Å². The van der Waals surface area contributed by atoms with Gasteiger partial charge in [-0.1, -0.05) is 12.1 Å². The number of methoxy groups -OCH3 is 2. The quantitative estimate of drug-likeness (QED) is 0.749. The Hall–Kier alpha value is -2.56. The molecule has 1 aromatic rings. The first-order chi connectivity index (χ1) is 13.5. The molecule has 7 heteroatoms. The van der Waals surface area contributed by atoms with Gasteiger partial charge in [0.05, 0.1) is 36.9 Å². The molecule has 0 spiro atoms. The molecule has 1 aromatic carbocycles. The van der Waals surface area contributed by atoms with Crippen molar-refractivity contribution in [3.8, 4) is 11.8 Å². The van der Waals surface area contributed by atoms with Gasteiger partial charge in [-0.2, -0.15) is 5.26 Å². The van der Waals surface area contributed by atoms with Gasteiger partial charge in [0, 0.05) is 25.9 Å². The van der Waals surface area contributed by atoms with Crippen molar-refractivity contribution in [1.82, 2.24) is 0 Å². The molecule has 1 saturated carbocycles. The Morgan fingerprint density at radius 3 is 2.50 bits per heavy atom. The Morgan fingerprint density at radius 1 is 1.36 bits per heavy atom. The highest BCUT2D eigenvalue weighted by molar-refractivity contribution is 5.88. The number of nitrogens with zero attached hydrogens (tertiary/aromatic N) is 1. The lowest BCUT2D eigenvalue weighted by molar-refractivity contribution is -0.133. The third-order valence-electron chi connectivity index (χ3n) is 5.44. The van der Waals surface area contributed by atoms with Crippen LogP contribution in [0.4, 0.5) is 0 Å². The van der Waals surface area contributed by atoms with Crippen molar-refractivity contribution < 1.29 is 28.8 Å². The predicted octanol–water partition coefficient (Wildman–Crippen LogP) is 3.00. The Labute approximate surface area is 164 Å². The van der Waals surface area contributed by atoms with Crippen LogP contribution < -0.4 is 4.74 Å². The molecule has 28 heavy (non-hydrogen) atoms. The zero-order valence-corrected chi connectivity index (χ0v) is 16.1. The minimum Gasteiger partial charge on any atom is -0.497 e. The monoisotopic (exact) mass is 387 g/mol. The predicted molar refractivity (Wildman–Crippen MR) is 99.6 cm³/mol. The fourth-order valence-electron chi connectivity index (χ4n) is 3.49. The molecule has 0 bridgehead atoms. The Kier molecular flexibility index (Phi) is 6.22. The summed E-state index contributed by atoms with van der Waals surface area (Å²) in [4.78, 5) is 11.6. The fraction of sp³-hybridized carbons (Fsp3) is 0.524. The van der Waals surface area contributed by atoms with Crippen molar-refractivity contribution in [3.63, 3.8) is 0 Å². The van der Waals surface area contributed by atoms with E-state index in [1.807, 2.05) is 12.1 Å². The summed E-state index contributed by atoms with van der Waals surface area (Å²) >= 11 is 0. The minimum atomic E-state index is -1.07. The van der Waals surface area contributed by atoms with Gasteiger partial charge in [0.25, 0.3) is 0 Å². The maximum Gasteiger partial charge on any atom is 0.335 e. The van der Waals surface area contributed by atoms with Gasteiger partial charge >= 0.3 is 5.97 Å². The number of ether oxygens (including phenoxy) is 4. The lowest BCUT2D eigenvalue weighted by atomic mass is 9.70. The van der Waals surface area contributed by atoms with Gasteiger partial charge in [0.1, 0.15) is 11.5 Å². The first kappa shape index (κ1) is 20.2. The van der Waals surface area contributed by atoms with Gasteiger partial charge < -0.3 is 24.1 Å². The van der Waals surface area contributed by atoms with Gasteiger partial charge in [-0.25, -0.2) is 4.79 Å². The van der Waals surface area contributed by atoms with E-state index in [4.69, 9.17) is 18.9 Å². The molecular formula is C21H25NO6. The zero-order valence-electron chi connectivity index (χ0n) is 16.1. The molecule has 1 saturated heterocycles. The average molecular weight is 387 g/mol. The first-order valence-corrected chi connectivity index (χ1v) is 9.27. The van der Waals surface area contributed by atoms with E-state index >= 15 is 0 Å². The van der Waals surface area contributed by atoms with Gasteiger partial charge in [-0.05, 0) is 30.5 Å². The van der Waals surface area contributed by atoms with Crippen LogP contribution in [-0.2, 0) is 24.4 Å². The van der Waals surface area contributed by atoms with E-state index in [0.29, 0.717) is 24.4 Å². The lowest BCUT2D eigenvalue weighted by Crippen LogP contribution is -2.31. The van der Waals surface area contributed by atoms with Gasteiger partial charge in [-0.15, -0.1) is 0 Å². The number of fused-ring (bicyclic) bond motifs is 1. The van der Waals surface area contributed by atoms with Crippen LogP contribution in [0.1, 0.15) is 31.2 Å². The van der Waals surface area contributed by atoms with E-state index in [1.54, 1.807) is 19.2 Å². The Bertz CT molecular complexity index is 769. The number of carbonyl (C=O) groups is 1. The number of nitriles is 1. The highest BCUT2D eigenvalue weighted by Gasteiger charge is 2.47. The molecule has 1 N–H and O–H groups in total. The van der Waals surface area contributed by atoms with Gasteiger partial charge in [0.15, 0.2) is 6.79 Å². The number of allylic oxidation sites excluding steroid dienone is 1. The molecular weight excluding hydrogens is 362 g/mol. The second kappa shape index (κ2) is 8.63. The second-order valence-corrected chi connectivity index (χ2v) is 7.22. The number of hydrogen-bond acceptors (Lipinski definition) is 6. The van der Waals surface area contributed by atoms with Crippen LogP contribution in [0.15, 0.2) is 35.6 Å². The van der Waals surface area contributed by atoms with Crippen molar-refractivity contribution in [3.05, 3.63) is 41.2 Å². The highest BCUT2D eigenvalue weighted by Crippen LogP contribution is 2.43. The van der Waals surface area contributed by atoms with Gasteiger partial charge in [0.2, 0.25) is 0 Å². The molecule has 3 atom stereocenters. The third kappa shape index (κ3) is 4.29. The highest BCUT2D eigenvalue weighted by atomic mass is 16.7. The van der Waals surface area contributed by atoms with Crippen LogP contribution >= 0.6 is 0 Å². The van der Waals surface area contributed by atoms with E-state index in [9.17, 15) is 15.2 Å². The summed E-state index contributed by atoms with van der Waals surface area (Å²) in [6.45, 7) is 1.05. The molecule has 3 unspecified atom stereocenters. The van der Waals surface area contributed by atoms with Crippen molar-refractivity contribution >= 4 is 5.97 Å². The molecule has 7 nitrogen and oxygen atoms in total. The van der Waals surface area contributed by atoms with Crippen LogP contribution in [0.5, 0.6) is 5.75 Å². The fourth-order valence-corrected chi connectivity index (χ4v) is 3.49. The van der Waals surface area contributed by atoms with E-state index in [-0.39, 0.29) is 18.8 Å². The number of carboxylic acids is 1. The molecule has 0 radical (unpaired) electrons. The van der Waals surface area contributed by atoms with Crippen LogP contribution in [0.25, 0.3) is 0 Å². The summed E-state index contributed by atoms with van der Waals surface area (Å²) in [7, 11) is 3.04. The van der Waals surface area contributed by atoms with E-state index in [2.05, 4.69) is 6.07 Å². The molecule has 2 aliphatic carbocycles. The number of hydrogen-bond donors (Lipinski definition) is 1. The number of rotatable bonds is 6. The molecule has 4 rings (SSSR count). The number of carboxylic acid groups (broad SMARTS) is 1. The van der Waals surface area contributed by atoms with Crippen molar-refractivity contribution in [1.29, 1.82) is 5.26 Å². The second-order valence-electron chi connectivity index (χ2n) is 7.22. The normalized spacial score (nSPS) is 27.3. The average Bonchev–Trinajstić information content (AvgIpc) is 3.31. The lowest BCUT2D eigenvalue weighted by Gasteiger charge is -2.32. The summed E-state index contributed by atoms with van der Waals surface area (Å²) < 4.78 is 20.3. The largest absolute Gasteiger partial charge is 0.497 e. The summed E-state index contributed by atoms with van der Waals surface area (Å²) in [5.74, 6) is 1.02. The SMILES string of the molecule is C1OC2CC12.COCOC1=C(C(=O)O)CC(C#N)(c2ccc(OC)cc2)CC1. The van der Waals surface area contributed by atoms with Crippen LogP contribution in [0.2, 0.25) is 0 Å². The van der Waals surface area contributed by atoms with Crippen LogP contribution in [-0.4, -0.2) is 44.8 Å². The summed E-state index contributed by atoms with van der Waals surface area (Å²) in [5.41, 5.74) is 0.0379. The van der Waals surface area contributed by atoms with E-state index in [1.165, 1.54) is 13.5 Å². The summed E-state index contributed by atoms with van der Waals surface area (Å²) in [5, 5.41) is 19.2. The first-order valence-electron chi connectivity index (χ1n) is 9.27. The van der Waals surface area contributed by atoms with Crippen molar-refractivity contribution in [2.45, 2.75) is 37.2 Å². The summed E-state index contributed by atoms with van der Waals surface area (Å²) in [6.07, 6.45) is 3.07. The van der Waals surface area contributed by atoms with Crippen molar-refractivity contribution in [2.75, 3.05) is 27.6 Å². The molecule has 0 amide bonds. The molecule has 3 aliphatic rings. The molecule has 150 valence electrons. The summed E-state index contributed by atoms with van der Waals surface area (Å²) in [6, 6.07) is 9.47.